The summed E-state index contributed by atoms with van der Waals surface area (Å²) in [5.41, 5.74) is 1.58. The third-order valence-corrected chi connectivity index (χ3v) is 2.92. The van der Waals surface area contributed by atoms with Crippen LogP contribution in [0, 0.1) is 5.82 Å². The average Bonchev–Trinajstić information content (AvgIpc) is 2.42. The number of aryl methyl sites for hydroxylation is 1. The average molecular weight is 266 g/mol. The molecule has 0 saturated heterocycles. The first kappa shape index (κ1) is 12.8. The normalized spacial score (nSPS) is 10.4. The third-order valence-electron chi connectivity index (χ3n) is 2.63. The maximum Gasteiger partial charge on any atom is 0.256 e. The van der Waals surface area contributed by atoms with E-state index in [4.69, 9.17) is 16.3 Å². The fourth-order valence-corrected chi connectivity index (χ4v) is 1.75. The molecule has 0 aliphatic rings. The number of aromatic nitrogens is 1. The Morgan fingerprint density at radius 3 is 2.56 bits per heavy atom. The van der Waals surface area contributed by atoms with Gasteiger partial charge in [0.05, 0.1) is 5.88 Å². The molecule has 1 heterocycles. The minimum atomic E-state index is -0.507. The van der Waals surface area contributed by atoms with Gasteiger partial charge in [0.25, 0.3) is 5.88 Å². The minimum Gasteiger partial charge on any atom is -0.436 e. The Hall–Kier alpha value is -1.61. The Morgan fingerprint density at radius 2 is 1.94 bits per heavy atom. The molecule has 0 radical (unpaired) electrons. The number of pyridine rings is 1. The van der Waals surface area contributed by atoms with Gasteiger partial charge in [-0.15, -0.1) is 11.6 Å². The molecule has 0 unspecified atom stereocenters. The van der Waals surface area contributed by atoms with E-state index in [1.807, 2.05) is 12.1 Å². The topological polar surface area (TPSA) is 22.1 Å². The molecule has 94 valence electrons. The molecule has 1 aromatic heterocycles. The van der Waals surface area contributed by atoms with Crippen molar-refractivity contribution in [3.63, 3.8) is 0 Å². The SMILES string of the molecule is CCc1ccc(Oc2nccc(CCl)c2F)cc1. The number of halogens is 2. The number of alkyl halides is 1. The van der Waals surface area contributed by atoms with E-state index >= 15 is 0 Å². The van der Waals surface area contributed by atoms with Gasteiger partial charge in [-0.3, -0.25) is 0 Å². The van der Waals surface area contributed by atoms with E-state index in [-0.39, 0.29) is 11.8 Å². The van der Waals surface area contributed by atoms with E-state index in [1.165, 1.54) is 17.8 Å². The first-order valence-corrected chi connectivity index (χ1v) is 6.24. The second-order valence-electron chi connectivity index (χ2n) is 3.82. The van der Waals surface area contributed by atoms with Crippen molar-refractivity contribution in [2.24, 2.45) is 0 Å². The second kappa shape index (κ2) is 5.83. The minimum absolute atomic E-state index is 0.0441. The van der Waals surface area contributed by atoms with E-state index in [1.54, 1.807) is 12.1 Å². The van der Waals surface area contributed by atoms with E-state index in [0.29, 0.717) is 11.3 Å². The lowest BCUT2D eigenvalue weighted by atomic mass is 10.2. The van der Waals surface area contributed by atoms with Crippen LogP contribution in [0.1, 0.15) is 18.1 Å². The van der Waals surface area contributed by atoms with E-state index in [9.17, 15) is 4.39 Å². The van der Waals surface area contributed by atoms with Crippen LogP contribution in [0.5, 0.6) is 11.6 Å². The number of nitrogens with zero attached hydrogens (tertiary/aromatic N) is 1. The molecule has 2 aromatic rings. The van der Waals surface area contributed by atoms with Gasteiger partial charge in [-0.2, -0.15) is 0 Å². The number of hydrogen-bond donors (Lipinski definition) is 0. The molecule has 0 atom stereocenters. The zero-order valence-electron chi connectivity index (χ0n) is 9.99. The molecule has 0 aliphatic heterocycles. The molecule has 1 aromatic carbocycles. The molecular formula is C14H13ClFNO. The number of rotatable bonds is 4. The highest BCUT2D eigenvalue weighted by molar-refractivity contribution is 6.17. The van der Waals surface area contributed by atoms with Crippen molar-refractivity contribution in [3.05, 3.63) is 53.5 Å². The van der Waals surface area contributed by atoms with Gasteiger partial charge in [0.1, 0.15) is 5.75 Å². The molecule has 18 heavy (non-hydrogen) atoms. The van der Waals surface area contributed by atoms with E-state index in [2.05, 4.69) is 11.9 Å². The highest BCUT2D eigenvalue weighted by atomic mass is 35.5. The number of ether oxygens (including phenoxy) is 1. The van der Waals surface area contributed by atoms with Crippen LogP contribution >= 0.6 is 11.6 Å². The Kier molecular flexibility index (Phi) is 4.15. The Morgan fingerprint density at radius 1 is 1.22 bits per heavy atom. The summed E-state index contributed by atoms with van der Waals surface area (Å²) in [7, 11) is 0. The highest BCUT2D eigenvalue weighted by Gasteiger charge is 2.10. The lowest BCUT2D eigenvalue weighted by Gasteiger charge is -2.07. The lowest BCUT2D eigenvalue weighted by molar-refractivity contribution is 0.420. The molecule has 0 saturated carbocycles. The summed E-state index contributed by atoms with van der Waals surface area (Å²) in [6.45, 7) is 2.07. The summed E-state index contributed by atoms with van der Waals surface area (Å²) < 4.78 is 19.2. The quantitative estimate of drug-likeness (QED) is 0.769. The van der Waals surface area contributed by atoms with Crippen LogP contribution in [-0.2, 0) is 12.3 Å². The Balaban J connectivity index is 2.22. The lowest BCUT2D eigenvalue weighted by Crippen LogP contribution is -1.95. The maximum atomic E-state index is 13.8. The van der Waals surface area contributed by atoms with Gasteiger partial charge in [0.15, 0.2) is 5.82 Å². The predicted octanol–water partition coefficient (Wildman–Crippen LogP) is 4.31. The van der Waals surface area contributed by atoms with Gasteiger partial charge in [0, 0.05) is 11.8 Å². The number of benzene rings is 1. The van der Waals surface area contributed by atoms with Crippen molar-refractivity contribution >= 4 is 11.6 Å². The summed E-state index contributed by atoms with van der Waals surface area (Å²) in [6, 6.07) is 9.02. The smallest absolute Gasteiger partial charge is 0.256 e. The monoisotopic (exact) mass is 265 g/mol. The van der Waals surface area contributed by atoms with Gasteiger partial charge < -0.3 is 4.74 Å². The van der Waals surface area contributed by atoms with Gasteiger partial charge >= 0.3 is 0 Å². The second-order valence-corrected chi connectivity index (χ2v) is 4.09. The molecule has 0 fully saturated rings. The highest BCUT2D eigenvalue weighted by Crippen LogP contribution is 2.25. The molecule has 2 rings (SSSR count). The molecule has 0 aliphatic carbocycles. The third kappa shape index (κ3) is 2.79. The van der Waals surface area contributed by atoms with Crippen molar-refractivity contribution in [2.45, 2.75) is 19.2 Å². The molecular weight excluding hydrogens is 253 g/mol. The summed E-state index contributed by atoms with van der Waals surface area (Å²) in [5, 5.41) is 0. The molecule has 0 spiro atoms. The number of hydrogen-bond acceptors (Lipinski definition) is 2. The van der Waals surface area contributed by atoms with Crippen LogP contribution in [0.15, 0.2) is 36.5 Å². The molecule has 0 amide bonds. The molecule has 4 heteroatoms. The van der Waals surface area contributed by atoms with Crippen LogP contribution < -0.4 is 4.74 Å². The Labute approximate surface area is 110 Å². The van der Waals surface area contributed by atoms with E-state index in [0.717, 1.165) is 6.42 Å². The summed E-state index contributed by atoms with van der Waals surface area (Å²) in [6.07, 6.45) is 2.44. The predicted molar refractivity (Wildman–Crippen MR) is 69.6 cm³/mol. The van der Waals surface area contributed by atoms with Crippen molar-refractivity contribution in [1.29, 1.82) is 0 Å². The van der Waals surface area contributed by atoms with Crippen LogP contribution in [0.3, 0.4) is 0 Å². The summed E-state index contributed by atoms with van der Waals surface area (Å²) >= 11 is 5.62. The fourth-order valence-electron chi connectivity index (χ4n) is 1.54. The molecule has 2 nitrogen and oxygen atoms in total. The van der Waals surface area contributed by atoms with Gasteiger partial charge in [0.2, 0.25) is 0 Å². The van der Waals surface area contributed by atoms with Crippen molar-refractivity contribution in [3.8, 4) is 11.6 Å². The standard InChI is InChI=1S/C14H13ClFNO/c1-2-10-3-5-12(6-4-10)18-14-13(16)11(9-15)7-8-17-14/h3-8H,2,9H2,1H3. The van der Waals surface area contributed by atoms with Crippen LogP contribution in [0.25, 0.3) is 0 Å². The van der Waals surface area contributed by atoms with Crippen LogP contribution in [0.2, 0.25) is 0 Å². The maximum absolute atomic E-state index is 13.8. The van der Waals surface area contributed by atoms with Crippen LogP contribution in [-0.4, -0.2) is 4.98 Å². The summed E-state index contributed by atoms with van der Waals surface area (Å²) in [4.78, 5) is 3.87. The zero-order valence-corrected chi connectivity index (χ0v) is 10.7. The Bertz CT molecular complexity index is 528. The van der Waals surface area contributed by atoms with Gasteiger partial charge in [-0.25, -0.2) is 9.37 Å². The van der Waals surface area contributed by atoms with Crippen molar-refractivity contribution < 1.29 is 9.13 Å². The van der Waals surface area contributed by atoms with Crippen molar-refractivity contribution in [1.82, 2.24) is 4.98 Å². The van der Waals surface area contributed by atoms with E-state index < -0.39 is 5.82 Å². The summed E-state index contributed by atoms with van der Waals surface area (Å²) in [5.74, 6) is 0.106. The first-order chi connectivity index (χ1) is 8.74. The van der Waals surface area contributed by atoms with Crippen molar-refractivity contribution in [2.75, 3.05) is 0 Å². The fraction of sp³-hybridized carbons (Fsp3) is 0.214. The van der Waals surface area contributed by atoms with Crippen LogP contribution in [0.4, 0.5) is 4.39 Å². The molecule has 0 N–H and O–H groups in total. The molecule has 0 bridgehead atoms. The van der Waals surface area contributed by atoms with Gasteiger partial charge in [-0.05, 0) is 30.2 Å². The zero-order chi connectivity index (χ0) is 13.0. The largest absolute Gasteiger partial charge is 0.436 e. The van der Waals surface area contributed by atoms with Gasteiger partial charge in [-0.1, -0.05) is 19.1 Å². The first-order valence-electron chi connectivity index (χ1n) is 5.70.